The topological polar surface area (TPSA) is 31.9 Å². The number of alkyl halides is 3. The molecule has 6 heteroatoms. The van der Waals surface area contributed by atoms with Crippen molar-refractivity contribution in [2.45, 2.75) is 51.7 Å². The number of halogens is 3. The van der Waals surface area contributed by atoms with E-state index in [2.05, 4.69) is 24.0 Å². The summed E-state index contributed by atoms with van der Waals surface area (Å²) in [4.78, 5) is 1.89. The minimum absolute atomic E-state index is 0.0751. The summed E-state index contributed by atoms with van der Waals surface area (Å²) in [6.07, 6.45) is -3.06. The molecule has 0 aromatic carbocycles. The first kappa shape index (κ1) is 14.4. The zero-order valence-corrected chi connectivity index (χ0v) is 11.3. The molecule has 1 aromatic heterocycles. The maximum absolute atomic E-state index is 12.3. The van der Waals surface area contributed by atoms with Crippen LogP contribution < -0.4 is 0 Å². The van der Waals surface area contributed by atoms with Gasteiger partial charge in [0, 0.05) is 24.3 Å². The largest absolute Gasteiger partial charge is 0.390 e. The summed E-state index contributed by atoms with van der Waals surface area (Å²) < 4.78 is 36.9. The van der Waals surface area contributed by atoms with E-state index in [0.717, 1.165) is 36.3 Å². The van der Waals surface area contributed by atoms with E-state index in [4.69, 9.17) is 0 Å². The molecule has 108 valence electrons. The van der Waals surface area contributed by atoms with Gasteiger partial charge >= 0.3 is 6.18 Å². The van der Waals surface area contributed by atoms with Crippen LogP contribution in [0.4, 0.5) is 13.2 Å². The molecular formula is C13H20F3N3. The Morgan fingerprint density at radius 3 is 2.74 bits per heavy atom. The molecule has 0 atom stereocenters. The van der Waals surface area contributed by atoms with Gasteiger partial charge in [0.15, 0.2) is 0 Å². The molecule has 19 heavy (non-hydrogen) atoms. The summed E-state index contributed by atoms with van der Waals surface area (Å²) in [7, 11) is 0. The smallest absolute Gasteiger partial charge is 0.299 e. The molecule has 2 rings (SSSR count). The molecule has 0 fully saturated rings. The minimum Gasteiger partial charge on any atom is -0.299 e. The predicted octanol–water partition coefficient (Wildman–Crippen LogP) is 3.23. The van der Waals surface area contributed by atoms with Crippen LogP contribution in [0.2, 0.25) is 0 Å². The van der Waals surface area contributed by atoms with E-state index >= 15 is 0 Å². The van der Waals surface area contributed by atoms with Crippen LogP contribution in [0.3, 0.4) is 0 Å². The lowest BCUT2D eigenvalue weighted by atomic mass is 10.0. The number of hydrogen-bond acceptors (Lipinski definition) is 2. The van der Waals surface area contributed by atoms with Gasteiger partial charge in [-0.3, -0.25) is 10.00 Å². The van der Waals surface area contributed by atoms with Gasteiger partial charge in [-0.1, -0.05) is 13.8 Å². The second kappa shape index (κ2) is 5.53. The van der Waals surface area contributed by atoms with Gasteiger partial charge in [0.05, 0.1) is 12.1 Å². The Morgan fingerprint density at radius 2 is 2.11 bits per heavy atom. The minimum atomic E-state index is -4.08. The van der Waals surface area contributed by atoms with Crippen LogP contribution in [-0.4, -0.2) is 34.4 Å². The fourth-order valence-corrected chi connectivity index (χ4v) is 2.54. The van der Waals surface area contributed by atoms with Crippen molar-refractivity contribution in [3.63, 3.8) is 0 Å². The Labute approximate surface area is 111 Å². The lowest BCUT2D eigenvalue weighted by molar-refractivity contribution is -0.138. The molecule has 1 aliphatic heterocycles. The summed E-state index contributed by atoms with van der Waals surface area (Å²) in [5.41, 5.74) is 3.20. The maximum Gasteiger partial charge on any atom is 0.390 e. The number of aryl methyl sites for hydroxylation is 1. The van der Waals surface area contributed by atoms with E-state index in [1.54, 1.807) is 0 Å². The summed E-state index contributed by atoms with van der Waals surface area (Å²) >= 11 is 0. The SMILES string of the molecule is CC(C)c1n[nH]c2c1CN(CCC(F)(F)F)CCC2. The molecule has 1 aliphatic rings. The summed E-state index contributed by atoms with van der Waals surface area (Å²) in [6.45, 7) is 5.49. The standard InChI is InChI=1S/C13H20F3N3/c1-9(2)12-10-8-19(7-5-13(14,15)16)6-3-4-11(10)17-18-12/h9H,3-8H2,1-2H3,(H,17,18). The molecule has 0 radical (unpaired) electrons. The monoisotopic (exact) mass is 275 g/mol. The zero-order chi connectivity index (χ0) is 14.0. The third-order valence-electron chi connectivity index (χ3n) is 3.53. The summed E-state index contributed by atoms with van der Waals surface area (Å²) in [5, 5.41) is 7.35. The van der Waals surface area contributed by atoms with E-state index in [9.17, 15) is 13.2 Å². The lowest BCUT2D eigenvalue weighted by Gasteiger charge is -2.21. The first-order valence-electron chi connectivity index (χ1n) is 6.72. The van der Waals surface area contributed by atoms with Crippen molar-refractivity contribution in [2.24, 2.45) is 0 Å². The van der Waals surface area contributed by atoms with Gasteiger partial charge in [-0.2, -0.15) is 18.3 Å². The van der Waals surface area contributed by atoms with Crippen molar-refractivity contribution in [3.8, 4) is 0 Å². The van der Waals surface area contributed by atoms with Crippen LogP contribution >= 0.6 is 0 Å². The first-order chi connectivity index (χ1) is 8.87. The third kappa shape index (κ3) is 3.72. The molecule has 0 unspecified atom stereocenters. The Bertz CT molecular complexity index is 423. The molecule has 0 saturated heterocycles. The Balaban J connectivity index is 2.08. The molecule has 3 nitrogen and oxygen atoms in total. The summed E-state index contributed by atoms with van der Waals surface area (Å²) in [6, 6.07) is 0. The van der Waals surface area contributed by atoms with Gasteiger partial charge < -0.3 is 0 Å². The average molecular weight is 275 g/mol. The molecule has 2 heterocycles. The van der Waals surface area contributed by atoms with Crippen LogP contribution in [0, 0.1) is 0 Å². The molecule has 0 spiro atoms. The van der Waals surface area contributed by atoms with Gasteiger partial charge in [0.1, 0.15) is 0 Å². The highest BCUT2D eigenvalue weighted by molar-refractivity contribution is 5.28. The van der Waals surface area contributed by atoms with E-state index in [1.165, 1.54) is 0 Å². The number of aromatic nitrogens is 2. The molecular weight excluding hydrogens is 255 g/mol. The maximum atomic E-state index is 12.3. The number of fused-ring (bicyclic) bond motifs is 1. The van der Waals surface area contributed by atoms with E-state index in [1.807, 2.05) is 4.90 Å². The van der Waals surface area contributed by atoms with Crippen molar-refractivity contribution in [3.05, 3.63) is 17.0 Å². The molecule has 0 saturated carbocycles. The Morgan fingerprint density at radius 1 is 1.37 bits per heavy atom. The lowest BCUT2D eigenvalue weighted by Crippen LogP contribution is -2.28. The average Bonchev–Trinajstić information content (AvgIpc) is 2.57. The van der Waals surface area contributed by atoms with Crippen LogP contribution in [0.25, 0.3) is 0 Å². The summed E-state index contributed by atoms with van der Waals surface area (Å²) in [5.74, 6) is 0.294. The predicted molar refractivity (Wildman–Crippen MR) is 66.9 cm³/mol. The van der Waals surface area contributed by atoms with Gasteiger partial charge in [-0.25, -0.2) is 0 Å². The quantitative estimate of drug-likeness (QED) is 0.918. The molecule has 0 amide bonds. The Kier molecular flexibility index (Phi) is 4.18. The highest BCUT2D eigenvalue weighted by Gasteiger charge is 2.29. The number of H-pyrrole nitrogens is 1. The van der Waals surface area contributed by atoms with E-state index in [-0.39, 0.29) is 6.54 Å². The van der Waals surface area contributed by atoms with Gasteiger partial charge in [-0.15, -0.1) is 0 Å². The van der Waals surface area contributed by atoms with Crippen LogP contribution in [0.5, 0.6) is 0 Å². The van der Waals surface area contributed by atoms with Crippen LogP contribution in [0.15, 0.2) is 0 Å². The molecule has 0 bridgehead atoms. The second-order valence-electron chi connectivity index (χ2n) is 5.47. The van der Waals surface area contributed by atoms with Gasteiger partial charge in [-0.05, 0) is 25.3 Å². The van der Waals surface area contributed by atoms with E-state index < -0.39 is 12.6 Å². The number of nitrogens with one attached hydrogen (secondary N) is 1. The number of nitrogens with zero attached hydrogens (tertiary/aromatic N) is 2. The van der Waals surface area contributed by atoms with Crippen molar-refractivity contribution >= 4 is 0 Å². The highest BCUT2D eigenvalue weighted by atomic mass is 19.4. The number of hydrogen-bond donors (Lipinski definition) is 1. The molecule has 1 aromatic rings. The second-order valence-corrected chi connectivity index (χ2v) is 5.47. The third-order valence-corrected chi connectivity index (χ3v) is 3.53. The number of rotatable bonds is 3. The fourth-order valence-electron chi connectivity index (χ4n) is 2.54. The number of aromatic amines is 1. The van der Waals surface area contributed by atoms with Crippen LogP contribution in [-0.2, 0) is 13.0 Å². The highest BCUT2D eigenvalue weighted by Crippen LogP contribution is 2.26. The fraction of sp³-hybridized carbons (Fsp3) is 0.769. The van der Waals surface area contributed by atoms with Crippen molar-refractivity contribution in [1.82, 2.24) is 15.1 Å². The van der Waals surface area contributed by atoms with Crippen molar-refractivity contribution < 1.29 is 13.2 Å². The van der Waals surface area contributed by atoms with Gasteiger partial charge in [0.2, 0.25) is 0 Å². The first-order valence-corrected chi connectivity index (χ1v) is 6.72. The normalized spacial score (nSPS) is 17.6. The molecule has 1 N–H and O–H groups in total. The van der Waals surface area contributed by atoms with Crippen molar-refractivity contribution in [2.75, 3.05) is 13.1 Å². The zero-order valence-electron chi connectivity index (χ0n) is 11.3. The van der Waals surface area contributed by atoms with Crippen LogP contribution in [0.1, 0.15) is 49.6 Å². The van der Waals surface area contributed by atoms with Gasteiger partial charge in [0.25, 0.3) is 0 Å². The van der Waals surface area contributed by atoms with E-state index in [0.29, 0.717) is 12.5 Å². The van der Waals surface area contributed by atoms with Crippen molar-refractivity contribution in [1.29, 1.82) is 0 Å². The molecule has 0 aliphatic carbocycles. The Hall–Kier alpha value is -1.04.